The van der Waals surface area contributed by atoms with E-state index in [1.54, 1.807) is 7.11 Å². The zero-order valence-corrected chi connectivity index (χ0v) is 11.5. The number of rotatable bonds is 5. The van der Waals surface area contributed by atoms with E-state index in [9.17, 15) is 0 Å². The van der Waals surface area contributed by atoms with Gasteiger partial charge in [0.05, 0.1) is 7.11 Å². The molecule has 0 bridgehead atoms. The van der Waals surface area contributed by atoms with Crippen LogP contribution in [0.2, 0.25) is 0 Å². The molecule has 0 aliphatic rings. The van der Waals surface area contributed by atoms with E-state index < -0.39 is 0 Å². The number of aromatic nitrogens is 3. The lowest BCUT2D eigenvalue weighted by Crippen LogP contribution is -2.28. The first-order valence-electron chi connectivity index (χ1n) is 5.66. The van der Waals surface area contributed by atoms with E-state index in [0.29, 0.717) is 0 Å². The Morgan fingerprint density at radius 3 is 2.78 bits per heavy atom. The monoisotopic (exact) mass is 264 g/mol. The Hall–Kier alpha value is -1.69. The quantitative estimate of drug-likeness (QED) is 0.898. The molecule has 2 rings (SSSR count). The summed E-state index contributed by atoms with van der Waals surface area (Å²) in [5.74, 6) is 0.902. The molecule has 0 atom stereocenters. The summed E-state index contributed by atoms with van der Waals surface area (Å²) >= 11 is 1.25. The number of methoxy groups -OCH3 is 1. The van der Waals surface area contributed by atoms with Gasteiger partial charge in [0.25, 0.3) is 0 Å². The van der Waals surface area contributed by atoms with Crippen molar-refractivity contribution in [3.05, 3.63) is 29.8 Å². The second-order valence-corrected chi connectivity index (χ2v) is 5.34. The van der Waals surface area contributed by atoms with Gasteiger partial charge in [0, 0.05) is 29.1 Å². The van der Waals surface area contributed by atoms with Crippen LogP contribution in [0.1, 0.15) is 19.4 Å². The maximum Gasteiger partial charge on any atom is 0.225 e. The molecule has 1 N–H and O–H groups in total. The van der Waals surface area contributed by atoms with E-state index in [4.69, 9.17) is 4.74 Å². The third-order valence-corrected chi connectivity index (χ3v) is 3.37. The maximum absolute atomic E-state index is 5.40. The van der Waals surface area contributed by atoms with Crippen molar-refractivity contribution in [2.45, 2.75) is 19.3 Å². The number of nitrogens with zero attached hydrogens (tertiary/aromatic N) is 3. The lowest BCUT2D eigenvalue weighted by molar-refractivity contribution is 0.395. The predicted molar refractivity (Wildman–Crippen MR) is 72.2 cm³/mol. The fourth-order valence-corrected chi connectivity index (χ4v) is 2.16. The van der Waals surface area contributed by atoms with Crippen molar-refractivity contribution in [2.75, 3.05) is 19.0 Å². The molecule has 0 saturated heterocycles. The highest BCUT2D eigenvalue weighted by molar-refractivity contribution is 7.09. The third kappa shape index (κ3) is 2.76. The molecule has 0 fully saturated rings. The van der Waals surface area contributed by atoms with Crippen LogP contribution in [0.3, 0.4) is 0 Å². The van der Waals surface area contributed by atoms with Crippen molar-refractivity contribution < 1.29 is 4.74 Å². The van der Waals surface area contributed by atoms with Crippen molar-refractivity contribution in [3.63, 3.8) is 0 Å². The standard InChI is InChI=1S/C12H16N4OS/c1-12(2,8-13-11-14-15-16-18-11)9-6-4-5-7-10(9)17-3/h4-7H,8H2,1-3H3,(H,13,14,16). The summed E-state index contributed by atoms with van der Waals surface area (Å²) in [6.07, 6.45) is 0. The van der Waals surface area contributed by atoms with E-state index in [0.717, 1.165) is 23.0 Å². The van der Waals surface area contributed by atoms with Crippen LogP contribution in [-0.2, 0) is 5.41 Å². The number of hydrogen-bond acceptors (Lipinski definition) is 6. The summed E-state index contributed by atoms with van der Waals surface area (Å²) in [4.78, 5) is 0. The molecule has 1 aromatic heterocycles. The molecule has 0 aliphatic heterocycles. The fourth-order valence-electron chi connectivity index (χ4n) is 1.80. The first kappa shape index (κ1) is 12.8. The molecule has 0 saturated carbocycles. The van der Waals surface area contributed by atoms with Gasteiger partial charge in [0.1, 0.15) is 5.75 Å². The predicted octanol–water partition coefficient (Wildman–Crippen LogP) is 2.33. The summed E-state index contributed by atoms with van der Waals surface area (Å²) in [5, 5.41) is 11.4. The molecule has 0 amide bonds. The molecule has 0 aliphatic carbocycles. The van der Waals surface area contributed by atoms with Crippen LogP contribution in [0.5, 0.6) is 5.75 Å². The van der Waals surface area contributed by atoms with Crippen LogP contribution >= 0.6 is 11.5 Å². The minimum atomic E-state index is -0.0712. The van der Waals surface area contributed by atoms with E-state index in [2.05, 4.69) is 40.0 Å². The van der Waals surface area contributed by atoms with Gasteiger partial charge in [0.15, 0.2) is 0 Å². The van der Waals surface area contributed by atoms with Crippen LogP contribution in [0.4, 0.5) is 5.13 Å². The van der Waals surface area contributed by atoms with Gasteiger partial charge in [-0.1, -0.05) is 41.6 Å². The van der Waals surface area contributed by atoms with Crippen molar-refractivity contribution in [3.8, 4) is 5.75 Å². The van der Waals surface area contributed by atoms with E-state index in [-0.39, 0.29) is 5.41 Å². The molecule has 0 radical (unpaired) electrons. The fraction of sp³-hybridized carbons (Fsp3) is 0.417. The number of anilines is 1. The van der Waals surface area contributed by atoms with Crippen LogP contribution in [0.25, 0.3) is 0 Å². The van der Waals surface area contributed by atoms with Gasteiger partial charge < -0.3 is 10.1 Å². The van der Waals surface area contributed by atoms with Crippen molar-refractivity contribution in [2.24, 2.45) is 0 Å². The van der Waals surface area contributed by atoms with Gasteiger partial charge >= 0.3 is 0 Å². The molecule has 6 heteroatoms. The van der Waals surface area contributed by atoms with Gasteiger partial charge in [-0.05, 0) is 11.3 Å². The Balaban J connectivity index is 2.14. The molecule has 0 spiro atoms. The van der Waals surface area contributed by atoms with Crippen molar-refractivity contribution in [1.29, 1.82) is 0 Å². The Morgan fingerprint density at radius 1 is 1.33 bits per heavy atom. The summed E-state index contributed by atoms with van der Waals surface area (Å²) < 4.78 is 9.13. The molecule has 96 valence electrons. The number of para-hydroxylation sites is 1. The minimum Gasteiger partial charge on any atom is -0.496 e. The van der Waals surface area contributed by atoms with Crippen LogP contribution in [-0.4, -0.2) is 28.5 Å². The molecular formula is C12H16N4OS. The number of nitrogens with one attached hydrogen (secondary N) is 1. The minimum absolute atomic E-state index is 0.0712. The highest BCUT2D eigenvalue weighted by Gasteiger charge is 2.24. The average molecular weight is 264 g/mol. The Morgan fingerprint density at radius 2 is 2.11 bits per heavy atom. The molecular weight excluding hydrogens is 248 g/mol. The van der Waals surface area contributed by atoms with Crippen molar-refractivity contribution in [1.82, 2.24) is 14.8 Å². The second kappa shape index (κ2) is 5.30. The van der Waals surface area contributed by atoms with E-state index in [1.165, 1.54) is 11.5 Å². The molecule has 18 heavy (non-hydrogen) atoms. The maximum atomic E-state index is 5.40. The molecule has 1 heterocycles. The Kier molecular flexibility index (Phi) is 3.76. The number of hydrogen-bond donors (Lipinski definition) is 1. The zero-order chi connectivity index (χ0) is 13.0. The lowest BCUT2D eigenvalue weighted by atomic mass is 9.84. The van der Waals surface area contributed by atoms with Gasteiger partial charge in [-0.15, -0.1) is 0 Å². The highest BCUT2D eigenvalue weighted by Crippen LogP contribution is 2.31. The van der Waals surface area contributed by atoms with Gasteiger partial charge in [0.2, 0.25) is 5.13 Å². The van der Waals surface area contributed by atoms with Crippen molar-refractivity contribution >= 4 is 16.7 Å². The number of benzene rings is 1. The summed E-state index contributed by atoms with van der Waals surface area (Å²) in [7, 11) is 1.69. The smallest absolute Gasteiger partial charge is 0.225 e. The van der Waals surface area contributed by atoms with Crippen LogP contribution in [0.15, 0.2) is 24.3 Å². The Bertz CT molecular complexity index is 499. The summed E-state index contributed by atoms with van der Waals surface area (Å²) in [6, 6.07) is 8.05. The van der Waals surface area contributed by atoms with E-state index >= 15 is 0 Å². The third-order valence-electron chi connectivity index (χ3n) is 2.82. The largest absolute Gasteiger partial charge is 0.496 e. The zero-order valence-electron chi connectivity index (χ0n) is 10.7. The van der Waals surface area contributed by atoms with E-state index in [1.807, 2.05) is 18.2 Å². The van der Waals surface area contributed by atoms with Gasteiger partial charge in [-0.25, -0.2) is 0 Å². The highest BCUT2D eigenvalue weighted by atomic mass is 32.1. The van der Waals surface area contributed by atoms with Crippen LogP contribution in [0, 0.1) is 0 Å². The average Bonchev–Trinajstić information content (AvgIpc) is 2.89. The Labute approximate surface area is 110 Å². The topological polar surface area (TPSA) is 59.9 Å². The summed E-state index contributed by atoms with van der Waals surface area (Å²) in [6.45, 7) is 5.06. The summed E-state index contributed by atoms with van der Waals surface area (Å²) in [5.41, 5.74) is 1.09. The molecule has 5 nitrogen and oxygen atoms in total. The first-order valence-corrected chi connectivity index (χ1v) is 6.43. The number of ether oxygens (including phenoxy) is 1. The normalized spacial score (nSPS) is 11.3. The van der Waals surface area contributed by atoms with Crippen LogP contribution < -0.4 is 10.1 Å². The molecule has 2 aromatic rings. The first-order chi connectivity index (χ1) is 8.63. The lowest BCUT2D eigenvalue weighted by Gasteiger charge is -2.27. The molecule has 0 unspecified atom stereocenters. The SMILES string of the molecule is COc1ccccc1C(C)(C)CNc1nnns1. The molecule has 1 aromatic carbocycles. The van der Waals surface area contributed by atoms with Gasteiger partial charge in [-0.2, -0.15) is 0 Å². The van der Waals surface area contributed by atoms with Gasteiger partial charge in [-0.3, -0.25) is 0 Å². The second-order valence-electron chi connectivity index (χ2n) is 4.61.